The van der Waals surface area contributed by atoms with E-state index in [0.717, 1.165) is 5.52 Å². The van der Waals surface area contributed by atoms with Crippen molar-refractivity contribution in [2.45, 2.75) is 63.6 Å². The largest absolute Gasteiger partial charge is 0.394 e. The summed E-state index contributed by atoms with van der Waals surface area (Å²) in [6.45, 7) is 13.7. The van der Waals surface area contributed by atoms with Crippen LogP contribution in [0.1, 0.15) is 33.6 Å². The van der Waals surface area contributed by atoms with Crippen LogP contribution < -0.4 is 0 Å². The van der Waals surface area contributed by atoms with Crippen LogP contribution >= 0.6 is 0 Å². The summed E-state index contributed by atoms with van der Waals surface area (Å²) in [5, 5.41) is 18.8. The highest BCUT2D eigenvalue weighted by molar-refractivity contribution is 5.99. The predicted molar refractivity (Wildman–Crippen MR) is 152 cm³/mol. The van der Waals surface area contributed by atoms with Gasteiger partial charge < -0.3 is 24.5 Å². The van der Waals surface area contributed by atoms with Crippen molar-refractivity contribution in [2.75, 3.05) is 26.7 Å². The maximum Gasteiger partial charge on any atom is 0.250 e. The highest BCUT2D eigenvalue weighted by Crippen LogP contribution is 2.65. The first-order valence-electron chi connectivity index (χ1n) is 14.3. The summed E-state index contributed by atoms with van der Waals surface area (Å²) in [5.74, 6) is -2.58. The molecule has 5 rings (SSSR count). The third kappa shape index (κ3) is 4.20. The number of hydrogen-bond acceptors (Lipinski definition) is 7. The van der Waals surface area contributed by atoms with Gasteiger partial charge in [0.25, 0.3) is 0 Å². The van der Waals surface area contributed by atoms with E-state index in [0.29, 0.717) is 24.9 Å². The van der Waals surface area contributed by atoms with Crippen LogP contribution in [0.25, 0.3) is 11.0 Å². The van der Waals surface area contributed by atoms with Crippen LogP contribution in [-0.2, 0) is 25.8 Å². The van der Waals surface area contributed by atoms with Gasteiger partial charge in [-0.15, -0.1) is 18.3 Å². The number of carbonyl (C=O) groups is 3. The van der Waals surface area contributed by atoms with Crippen LogP contribution in [0.5, 0.6) is 0 Å². The molecule has 0 saturated carbocycles. The Kier molecular flexibility index (Phi) is 7.54. The van der Waals surface area contributed by atoms with Gasteiger partial charge in [-0.3, -0.25) is 14.4 Å². The number of aromatic nitrogens is 3. The Morgan fingerprint density at radius 2 is 1.95 bits per heavy atom. The maximum absolute atomic E-state index is 14.7. The number of rotatable bonds is 11. The van der Waals surface area contributed by atoms with Crippen LogP contribution in [0.15, 0.2) is 49.6 Å². The Morgan fingerprint density at radius 1 is 1.24 bits per heavy atom. The molecule has 3 aliphatic heterocycles. The molecule has 0 aliphatic carbocycles. The summed E-state index contributed by atoms with van der Waals surface area (Å²) < 4.78 is 8.47. The van der Waals surface area contributed by atoms with E-state index in [4.69, 9.17) is 4.74 Å². The fraction of sp³-hybridized carbons (Fsp3) is 0.567. The molecule has 7 atom stereocenters. The highest BCUT2D eigenvalue weighted by atomic mass is 16.5. The van der Waals surface area contributed by atoms with Crippen molar-refractivity contribution in [3.8, 4) is 0 Å². The molecule has 41 heavy (non-hydrogen) atoms. The second kappa shape index (κ2) is 10.7. The van der Waals surface area contributed by atoms with E-state index >= 15 is 0 Å². The quantitative estimate of drug-likeness (QED) is 0.414. The van der Waals surface area contributed by atoms with E-state index in [1.54, 1.807) is 33.7 Å². The van der Waals surface area contributed by atoms with Crippen molar-refractivity contribution in [1.29, 1.82) is 0 Å². The van der Waals surface area contributed by atoms with E-state index in [9.17, 15) is 19.5 Å². The third-order valence-electron chi connectivity index (χ3n) is 9.49. The molecular formula is C30H40N6O5. The molecule has 1 aromatic heterocycles. The number of ether oxygens (including phenoxy) is 1. The van der Waals surface area contributed by atoms with Crippen molar-refractivity contribution < 1.29 is 24.2 Å². The number of para-hydroxylation sites is 1. The van der Waals surface area contributed by atoms with Gasteiger partial charge in [0.1, 0.15) is 23.8 Å². The van der Waals surface area contributed by atoms with E-state index in [1.807, 2.05) is 45.0 Å². The highest BCUT2D eigenvalue weighted by Gasteiger charge is 2.80. The lowest BCUT2D eigenvalue weighted by molar-refractivity contribution is -0.158. The normalized spacial score (nSPS) is 30.9. The third-order valence-corrected chi connectivity index (χ3v) is 9.49. The van der Waals surface area contributed by atoms with Crippen molar-refractivity contribution >= 4 is 28.8 Å². The molecule has 3 fully saturated rings. The average molecular weight is 565 g/mol. The van der Waals surface area contributed by atoms with Crippen molar-refractivity contribution in [2.24, 2.45) is 17.8 Å². The van der Waals surface area contributed by atoms with E-state index in [1.165, 1.54) is 4.90 Å². The second-order valence-electron chi connectivity index (χ2n) is 11.8. The molecule has 2 aromatic rings. The lowest BCUT2D eigenvalue weighted by atomic mass is 9.62. The summed E-state index contributed by atoms with van der Waals surface area (Å²) in [7, 11) is 1.69. The minimum atomic E-state index is -1.22. The summed E-state index contributed by atoms with van der Waals surface area (Å²) in [4.78, 5) is 47.6. The summed E-state index contributed by atoms with van der Waals surface area (Å²) in [6.07, 6.45) is 4.15. The average Bonchev–Trinajstić information content (AvgIpc) is 3.62. The minimum Gasteiger partial charge on any atom is -0.394 e. The van der Waals surface area contributed by atoms with Gasteiger partial charge in [0.05, 0.1) is 35.6 Å². The molecule has 3 unspecified atom stereocenters. The fourth-order valence-corrected chi connectivity index (χ4v) is 7.39. The lowest BCUT2D eigenvalue weighted by Crippen LogP contribution is -2.59. The van der Waals surface area contributed by atoms with Gasteiger partial charge in [0.15, 0.2) is 0 Å². The van der Waals surface area contributed by atoms with Gasteiger partial charge in [0.2, 0.25) is 17.7 Å². The summed E-state index contributed by atoms with van der Waals surface area (Å²) in [5.41, 5.74) is -0.680. The Morgan fingerprint density at radius 3 is 2.61 bits per heavy atom. The van der Waals surface area contributed by atoms with Crippen molar-refractivity contribution in [1.82, 2.24) is 29.7 Å². The Hall–Kier alpha value is -3.57. The minimum absolute atomic E-state index is 0.0812. The number of benzene rings is 1. The molecule has 11 heteroatoms. The smallest absolute Gasteiger partial charge is 0.250 e. The molecule has 1 N–H and O–H groups in total. The van der Waals surface area contributed by atoms with Gasteiger partial charge in [-0.25, -0.2) is 4.68 Å². The zero-order valence-corrected chi connectivity index (χ0v) is 24.3. The number of likely N-dealkylation sites (tertiary alicyclic amines) is 1. The Bertz CT molecular complexity index is 1370. The van der Waals surface area contributed by atoms with Crippen LogP contribution in [0, 0.1) is 17.8 Å². The van der Waals surface area contributed by atoms with Gasteiger partial charge in [-0.05, 0) is 37.8 Å². The molecular weight excluding hydrogens is 524 g/mol. The predicted octanol–water partition coefficient (Wildman–Crippen LogP) is 1.83. The number of likely N-dealkylation sites (N-methyl/N-ethyl adjacent to an activating group) is 1. The van der Waals surface area contributed by atoms with Crippen molar-refractivity contribution in [3.05, 3.63) is 49.6 Å². The first-order chi connectivity index (χ1) is 19.6. The zero-order chi connectivity index (χ0) is 29.7. The number of hydrogen-bond donors (Lipinski definition) is 1. The molecule has 4 heterocycles. The van der Waals surface area contributed by atoms with Crippen molar-refractivity contribution in [3.63, 3.8) is 0 Å². The summed E-state index contributed by atoms with van der Waals surface area (Å²) in [6, 6.07) is 5.84. The van der Waals surface area contributed by atoms with E-state index in [-0.39, 0.29) is 43.5 Å². The molecule has 3 saturated heterocycles. The second-order valence-corrected chi connectivity index (χ2v) is 11.8. The lowest BCUT2D eigenvalue weighted by Gasteiger charge is -2.39. The molecule has 0 radical (unpaired) electrons. The molecule has 3 amide bonds. The first-order valence-corrected chi connectivity index (χ1v) is 14.3. The number of carbonyl (C=O) groups excluding carboxylic acids is 3. The number of aliphatic hydroxyl groups is 1. The molecule has 3 aliphatic rings. The fourth-order valence-electron chi connectivity index (χ4n) is 7.39. The number of amides is 3. The zero-order valence-electron chi connectivity index (χ0n) is 24.3. The Labute approximate surface area is 240 Å². The maximum atomic E-state index is 14.7. The van der Waals surface area contributed by atoms with E-state index in [2.05, 4.69) is 23.5 Å². The van der Waals surface area contributed by atoms with Crippen LogP contribution in [-0.4, -0.2) is 103 Å². The SMILES string of the molecule is C=CCN(C)C(=O)[C@H]1[C@H]2C(=O)N([C@@H](CC)CO)C(C(=O)N(CC=C)Cn3nnc4ccccc43)C23CC(C)[C@]1(C)O3. The van der Waals surface area contributed by atoms with Crippen LogP contribution in [0.2, 0.25) is 0 Å². The molecule has 2 bridgehead atoms. The first kappa shape index (κ1) is 28.9. The molecule has 1 spiro atoms. The van der Waals surface area contributed by atoms with E-state index < -0.39 is 35.1 Å². The molecule has 220 valence electrons. The van der Waals surface area contributed by atoms with Gasteiger partial charge in [0, 0.05) is 20.1 Å². The van der Waals surface area contributed by atoms with Gasteiger partial charge in [-0.2, -0.15) is 0 Å². The monoisotopic (exact) mass is 564 g/mol. The number of fused-ring (bicyclic) bond motifs is 2. The van der Waals surface area contributed by atoms with Gasteiger partial charge in [-0.1, -0.05) is 43.3 Å². The van der Waals surface area contributed by atoms with Gasteiger partial charge >= 0.3 is 0 Å². The molecule has 1 aromatic carbocycles. The van der Waals surface area contributed by atoms with Crippen LogP contribution in [0.4, 0.5) is 0 Å². The van der Waals surface area contributed by atoms with Crippen LogP contribution in [0.3, 0.4) is 0 Å². The number of nitrogens with zero attached hydrogens (tertiary/aromatic N) is 6. The Balaban J connectivity index is 1.60. The standard InChI is InChI=1S/C30H40N6O5/c1-7-14-33(6)26(38)23-24-27(39)36(20(9-3)17-37)25(30(24)16-19(4)29(23,5)41-30)28(40)34(15-8-2)18-35-22-13-11-10-12-21(22)31-32-35/h7-8,10-13,19-20,23-25,37H,1-2,9,14-18H2,3-6H3/t19?,20-,23+,24-,25?,29-,30?/m0/s1. The topological polar surface area (TPSA) is 121 Å². The number of aliphatic hydroxyl groups excluding tert-OH is 1. The molecule has 11 nitrogen and oxygen atoms in total. The summed E-state index contributed by atoms with van der Waals surface area (Å²) >= 11 is 0.